The van der Waals surface area contributed by atoms with Crippen LogP contribution in [-0.2, 0) is 9.59 Å². The Morgan fingerprint density at radius 2 is 1.86 bits per heavy atom. The first-order chi connectivity index (χ1) is 10.3. The van der Waals surface area contributed by atoms with Crippen molar-refractivity contribution in [2.75, 3.05) is 13.2 Å². The Morgan fingerprint density at radius 1 is 1.27 bits per heavy atom. The molecule has 1 fully saturated rings. The largest absolute Gasteiger partial charge is 0.483 e. The van der Waals surface area contributed by atoms with Crippen LogP contribution in [0.5, 0.6) is 5.75 Å². The zero-order chi connectivity index (χ0) is 16.4. The lowest BCUT2D eigenvalue weighted by Crippen LogP contribution is -2.40. The van der Waals surface area contributed by atoms with Crippen molar-refractivity contribution < 1.29 is 19.4 Å². The predicted octanol–water partition coefficient (Wildman–Crippen LogP) is 2.31. The highest BCUT2D eigenvalue weighted by Gasteiger charge is 2.38. The lowest BCUT2D eigenvalue weighted by atomic mass is 10.0. The lowest BCUT2D eigenvalue weighted by Gasteiger charge is -2.23. The number of nitrogens with zero attached hydrogens (tertiary/aromatic N) is 1. The molecule has 1 saturated heterocycles. The van der Waals surface area contributed by atoms with E-state index in [1.807, 2.05) is 32.9 Å². The first-order valence-electron chi connectivity index (χ1n) is 7.54. The number of carboxylic acids is 1. The molecule has 0 saturated carbocycles. The molecule has 22 heavy (non-hydrogen) atoms. The number of ether oxygens (including phenoxy) is 1. The maximum absolute atomic E-state index is 12.3. The van der Waals surface area contributed by atoms with E-state index in [1.54, 1.807) is 11.8 Å². The number of carboxylic acid groups (broad SMARTS) is 1. The zero-order valence-corrected chi connectivity index (χ0v) is 13.5. The minimum absolute atomic E-state index is 0.0541. The first kappa shape index (κ1) is 16.3. The van der Waals surface area contributed by atoms with Gasteiger partial charge in [-0.05, 0) is 45.2 Å². The summed E-state index contributed by atoms with van der Waals surface area (Å²) in [4.78, 5) is 25.0. The number of hydrogen-bond donors (Lipinski definition) is 1. The minimum Gasteiger partial charge on any atom is -0.483 e. The van der Waals surface area contributed by atoms with Gasteiger partial charge in [-0.25, -0.2) is 0 Å². The highest BCUT2D eigenvalue weighted by Crippen LogP contribution is 2.26. The van der Waals surface area contributed by atoms with Crippen LogP contribution in [0.1, 0.15) is 30.0 Å². The molecule has 0 bridgehead atoms. The molecule has 2 atom stereocenters. The second-order valence-corrected chi connectivity index (χ2v) is 6.08. The van der Waals surface area contributed by atoms with E-state index < -0.39 is 11.9 Å². The third-order valence-electron chi connectivity index (χ3n) is 4.34. The number of likely N-dealkylation sites (tertiary alicyclic amines) is 1. The Bertz CT molecular complexity index is 573. The molecule has 1 aromatic carbocycles. The average Bonchev–Trinajstić information content (AvgIpc) is 2.79. The topological polar surface area (TPSA) is 66.8 Å². The number of carbonyl (C=O) groups excluding carboxylic acids is 1. The van der Waals surface area contributed by atoms with Gasteiger partial charge >= 0.3 is 5.97 Å². The fraction of sp³-hybridized carbons (Fsp3) is 0.529. The number of carbonyl (C=O) groups is 2. The van der Waals surface area contributed by atoms with Crippen LogP contribution in [0.3, 0.4) is 0 Å². The smallest absolute Gasteiger partial charge is 0.308 e. The van der Waals surface area contributed by atoms with Crippen molar-refractivity contribution in [2.45, 2.75) is 40.2 Å². The van der Waals surface area contributed by atoms with Crippen LogP contribution < -0.4 is 4.74 Å². The van der Waals surface area contributed by atoms with Crippen molar-refractivity contribution in [1.29, 1.82) is 0 Å². The number of rotatable bonds is 4. The average molecular weight is 305 g/mol. The molecule has 5 heteroatoms. The molecule has 0 aliphatic carbocycles. The number of amides is 1. The number of aliphatic carboxylic acids is 1. The SMILES string of the molecule is Cc1cc(C)c(OCC(=O)N2CCC(C(=O)O)C2C)c(C)c1. The van der Waals surface area contributed by atoms with E-state index in [0.717, 1.165) is 22.4 Å². The van der Waals surface area contributed by atoms with Crippen LogP contribution in [-0.4, -0.2) is 41.1 Å². The zero-order valence-electron chi connectivity index (χ0n) is 13.5. The van der Waals surface area contributed by atoms with Crippen molar-refractivity contribution in [2.24, 2.45) is 5.92 Å². The molecule has 1 N–H and O–H groups in total. The van der Waals surface area contributed by atoms with E-state index in [2.05, 4.69) is 0 Å². The molecule has 1 amide bonds. The van der Waals surface area contributed by atoms with Gasteiger partial charge in [-0.2, -0.15) is 0 Å². The van der Waals surface area contributed by atoms with E-state index in [4.69, 9.17) is 9.84 Å². The molecule has 2 rings (SSSR count). The van der Waals surface area contributed by atoms with Gasteiger partial charge in [0.1, 0.15) is 5.75 Å². The summed E-state index contributed by atoms with van der Waals surface area (Å²) in [6, 6.07) is 3.76. The third kappa shape index (κ3) is 3.24. The van der Waals surface area contributed by atoms with E-state index in [0.29, 0.717) is 13.0 Å². The highest BCUT2D eigenvalue weighted by molar-refractivity contribution is 5.80. The van der Waals surface area contributed by atoms with Gasteiger partial charge in [-0.3, -0.25) is 9.59 Å². The summed E-state index contributed by atoms with van der Waals surface area (Å²) >= 11 is 0. The summed E-state index contributed by atoms with van der Waals surface area (Å²) in [6.45, 7) is 8.14. The van der Waals surface area contributed by atoms with Gasteiger partial charge in [0.2, 0.25) is 0 Å². The summed E-state index contributed by atoms with van der Waals surface area (Å²) in [5.74, 6) is -0.739. The van der Waals surface area contributed by atoms with Crippen LogP contribution in [0, 0.1) is 26.7 Å². The molecular formula is C17H23NO4. The molecule has 1 aliphatic heterocycles. The van der Waals surface area contributed by atoms with E-state index in [1.165, 1.54) is 0 Å². The molecule has 2 unspecified atom stereocenters. The molecule has 1 heterocycles. The maximum atomic E-state index is 12.3. The van der Waals surface area contributed by atoms with Crippen molar-refractivity contribution in [3.8, 4) is 5.75 Å². The molecule has 0 spiro atoms. The van der Waals surface area contributed by atoms with E-state index >= 15 is 0 Å². The molecule has 1 aliphatic rings. The standard InChI is InChI=1S/C17H23NO4/c1-10-7-11(2)16(12(3)8-10)22-9-15(19)18-6-5-14(13(18)4)17(20)21/h7-8,13-14H,5-6,9H2,1-4H3,(H,20,21). The van der Waals surface area contributed by atoms with Crippen molar-refractivity contribution >= 4 is 11.9 Å². The molecule has 120 valence electrons. The van der Waals surface area contributed by atoms with Crippen LogP contribution in [0.2, 0.25) is 0 Å². The summed E-state index contributed by atoms with van der Waals surface area (Å²) < 4.78 is 5.70. The highest BCUT2D eigenvalue weighted by atomic mass is 16.5. The maximum Gasteiger partial charge on any atom is 0.308 e. The Balaban J connectivity index is 2.01. The van der Waals surface area contributed by atoms with Crippen LogP contribution in [0.25, 0.3) is 0 Å². The summed E-state index contributed by atoms with van der Waals surface area (Å²) in [5.41, 5.74) is 3.16. The summed E-state index contributed by atoms with van der Waals surface area (Å²) in [6.07, 6.45) is 0.505. The minimum atomic E-state index is -0.839. The van der Waals surface area contributed by atoms with Crippen molar-refractivity contribution in [3.63, 3.8) is 0 Å². The third-order valence-corrected chi connectivity index (χ3v) is 4.34. The lowest BCUT2D eigenvalue weighted by molar-refractivity contribution is -0.143. The van der Waals surface area contributed by atoms with Gasteiger partial charge in [0, 0.05) is 12.6 Å². The Hall–Kier alpha value is -2.04. The molecular weight excluding hydrogens is 282 g/mol. The van der Waals surface area contributed by atoms with E-state index in [9.17, 15) is 9.59 Å². The predicted molar refractivity (Wildman–Crippen MR) is 83.1 cm³/mol. The monoisotopic (exact) mass is 305 g/mol. The van der Waals surface area contributed by atoms with Gasteiger partial charge in [0.25, 0.3) is 5.91 Å². The summed E-state index contributed by atoms with van der Waals surface area (Å²) in [7, 11) is 0. The second-order valence-electron chi connectivity index (χ2n) is 6.08. The molecule has 0 aromatic heterocycles. The fourth-order valence-corrected chi connectivity index (χ4v) is 3.23. The van der Waals surface area contributed by atoms with Gasteiger partial charge in [0.15, 0.2) is 6.61 Å². The normalized spacial score (nSPS) is 21.0. The molecule has 0 radical (unpaired) electrons. The number of hydrogen-bond acceptors (Lipinski definition) is 3. The van der Waals surface area contributed by atoms with Crippen molar-refractivity contribution in [1.82, 2.24) is 4.90 Å². The van der Waals surface area contributed by atoms with Gasteiger partial charge in [-0.15, -0.1) is 0 Å². The quantitative estimate of drug-likeness (QED) is 0.927. The Labute approximate surface area is 130 Å². The molecule has 5 nitrogen and oxygen atoms in total. The van der Waals surface area contributed by atoms with Gasteiger partial charge in [-0.1, -0.05) is 17.7 Å². The van der Waals surface area contributed by atoms with Crippen LogP contribution >= 0.6 is 0 Å². The fourth-order valence-electron chi connectivity index (χ4n) is 3.23. The molecule has 1 aromatic rings. The van der Waals surface area contributed by atoms with E-state index in [-0.39, 0.29) is 18.6 Å². The van der Waals surface area contributed by atoms with Crippen LogP contribution in [0.15, 0.2) is 12.1 Å². The Morgan fingerprint density at radius 3 is 2.36 bits per heavy atom. The van der Waals surface area contributed by atoms with Crippen molar-refractivity contribution in [3.05, 3.63) is 28.8 Å². The second kappa shape index (κ2) is 6.38. The number of aryl methyl sites for hydroxylation is 3. The van der Waals surface area contributed by atoms with Crippen LogP contribution in [0.4, 0.5) is 0 Å². The number of benzene rings is 1. The van der Waals surface area contributed by atoms with Gasteiger partial charge in [0.05, 0.1) is 5.92 Å². The summed E-state index contributed by atoms with van der Waals surface area (Å²) in [5, 5.41) is 9.12. The first-order valence-corrected chi connectivity index (χ1v) is 7.54. The Kier molecular flexibility index (Phi) is 4.74. The van der Waals surface area contributed by atoms with Gasteiger partial charge < -0.3 is 14.7 Å².